The molecule has 4 aromatic rings. The zero-order valence-corrected chi connectivity index (χ0v) is 20.5. The zero-order chi connectivity index (χ0) is 26.0. The second kappa shape index (κ2) is 12.3. The van der Waals surface area contributed by atoms with Gasteiger partial charge in [-0.3, -0.25) is 0 Å². The maximum Gasteiger partial charge on any atom is 0.232 e. The van der Waals surface area contributed by atoms with E-state index in [1.165, 1.54) is 18.5 Å². The monoisotopic (exact) mass is 506 g/mol. The quantitative estimate of drug-likeness (QED) is 0.141. The molecular weight excluding hydrogens is 479 g/mol. The van der Waals surface area contributed by atoms with Gasteiger partial charge in [0.1, 0.15) is 12.1 Å². The van der Waals surface area contributed by atoms with Gasteiger partial charge in [-0.1, -0.05) is 24.3 Å². The van der Waals surface area contributed by atoms with Gasteiger partial charge in [0, 0.05) is 24.4 Å². The van der Waals surface area contributed by atoms with Crippen LogP contribution < -0.4 is 41.2 Å². The Bertz CT molecular complexity index is 1320. The van der Waals surface area contributed by atoms with Gasteiger partial charge in [0.25, 0.3) is 0 Å². The van der Waals surface area contributed by atoms with E-state index in [1.807, 2.05) is 30.3 Å². The molecule has 0 fully saturated rings. The lowest BCUT2D eigenvalue weighted by Crippen LogP contribution is -2.36. The highest BCUT2D eigenvalue weighted by Crippen LogP contribution is 2.40. The van der Waals surface area contributed by atoms with Crippen molar-refractivity contribution in [2.75, 3.05) is 37.4 Å². The first-order valence-electron chi connectivity index (χ1n) is 11.2. The summed E-state index contributed by atoms with van der Waals surface area (Å²) in [6.45, 7) is 0.420. The van der Waals surface area contributed by atoms with Crippen molar-refractivity contribution in [1.82, 2.24) is 25.9 Å². The van der Waals surface area contributed by atoms with Gasteiger partial charge in [-0.05, 0) is 29.8 Å². The van der Waals surface area contributed by atoms with Crippen LogP contribution in [0.1, 0.15) is 5.56 Å². The summed E-state index contributed by atoms with van der Waals surface area (Å²) in [6, 6.07) is 17.4. The Labute approximate surface area is 213 Å². The van der Waals surface area contributed by atoms with Crippen molar-refractivity contribution in [2.24, 2.45) is 0 Å². The number of halogens is 1. The first kappa shape index (κ1) is 25.4. The Morgan fingerprint density at radius 1 is 0.784 bits per heavy atom. The Hall–Kier alpha value is -4.68. The maximum atomic E-state index is 13.3. The van der Waals surface area contributed by atoms with Crippen LogP contribution in [0.15, 0.2) is 67.0 Å². The largest absolute Gasteiger partial charge is 0.493 e. The van der Waals surface area contributed by atoms with Crippen molar-refractivity contribution in [3.05, 3.63) is 78.4 Å². The third-order valence-electron chi connectivity index (χ3n) is 5.13. The van der Waals surface area contributed by atoms with Crippen molar-refractivity contribution >= 4 is 29.0 Å². The van der Waals surface area contributed by atoms with Crippen molar-refractivity contribution in [2.45, 2.75) is 6.54 Å². The molecule has 37 heavy (non-hydrogen) atoms. The van der Waals surface area contributed by atoms with Crippen molar-refractivity contribution in [3.8, 4) is 17.2 Å². The molecule has 0 amide bonds. The van der Waals surface area contributed by atoms with Gasteiger partial charge in [0.2, 0.25) is 17.6 Å². The van der Waals surface area contributed by atoms with Gasteiger partial charge in [0.15, 0.2) is 11.5 Å². The van der Waals surface area contributed by atoms with E-state index in [9.17, 15) is 4.39 Å². The Morgan fingerprint density at radius 3 is 2.16 bits per heavy atom. The minimum absolute atomic E-state index is 0.279. The van der Waals surface area contributed by atoms with Crippen molar-refractivity contribution < 1.29 is 18.6 Å². The van der Waals surface area contributed by atoms with E-state index in [2.05, 4.69) is 42.0 Å². The molecule has 12 heteroatoms. The molecule has 0 saturated heterocycles. The third-order valence-corrected chi connectivity index (χ3v) is 5.13. The Kier molecular flexibility index (Phi) is 8.47. The molecule has 0 unspecified atom stereocenters. The molecule has 0 aliphatic carbocycles. The number of aromatic nitrogens is 3. The molecule has 0 aliphatic rings. The molecule has 0 saturated carbocycles. The molecular formula is C25H27FN8O3. The molecule has 3 aromatic carbocycles. The summed E-state index contributed by atoms with van der Waals surface area (Å²) in [5.74, 6) is 1.83. The normalized spacial score (nSPS) is 10.5. The summed E-state index contributed by atoms with van der Waals surface area (Å²) in [4.78, 5) is 12.9. The van der Waals surface area contributed by atoms with Crippen LogP contribution in [0, 0.1) is 5.82 Å². The predicted molar refractivity (Wildman–Crippen MR) is 139 cm³/mol. The molecule has 0 spiro atoms. The number of hydrogen-bond donors (Lipinski definition) is 5. The lowest BCUT2D eigenvalue weighted by Gasteiger charge is -2.15. The van der Waals surface area contributed by atoms with Crippen molar-refractivity contribution in [1.29, 1.82) is 0 Å². The fourth-order valence-corrected chi connectivity index (χ4v) is 3.43. The average Bonchev–Trinajstić information content (AvgIpc) is 2.91. The molecule has 0 radical (unpaired) electrons. The number of nitrogens with zero attached hydrogens (tertiary/aromatic N) is 3. The van der Waals surface area contributed by atoms with Gasteiger partial charge >= 0.3 is 0 Å². The predicted octanol–water partition coefficient (Wildman–Crippen LogP) is 4.15. The SMILES string of the molecule is COc1cc(Nc2ncnc(Nc3ccccc3NNNCc3cccc(F)c3)n2)cc(OC)c1OC. The Balaban J connectivity index is 1.42. The molecule has 1 aromatic heterocycles. The highest BCUT2D eigenvalue weighted by Gasteiger charge is 2.14. The Morgan fingerprint density at radius 2 is 1.49 bits per heavy atom. The fraction of sp³-hybridized carbons (Fsp3) is 0.160. The van der Waals surface area contributed by atoms with Gasteiger partial charge in [-0.25, -0.2) is 19.8 Å². The first-order valence-corrected chi connectivity index (χ1v) is 11.2. The van der Waals surface area contributed by atoms with E-state index in [-0.39, 0.29) is 5.82 Å². The molecule has 0 aliphatic heterocycles. The number of hydrazine groups is 2. The molecule has 0 atom stereocenters. The minimum atomic E-state index is -0.279. The second-order valence-corrected chi connectivity index (χ2v) is 7.58. The molecule has 4 rings (SSSR count). The van der Waals surface area contributed by atoms with E-state index < -0.39 is 0 Å². The number of rotatable bonds is 12. The van der Waals surface area contributed by atoms with Crippen LogP contribution >= 0.6 is 0 Å². The maximum absolute atomic E-state index is 13.3. The van der Waals surface area contributed by atoms with Crippen LogP contribution in [0.5, 0.6) is 17.2 Å². The summed E-state index contributed by atoms with van der Waals surface area (Å²) in [6.07, 6.45) is 1.39. The van der Waals surface area contributed by atoms with Gasteiger partial charge < -0.3 is 30.3 Å². The van der Waals surface area contributed by atoms with Gasteiger partial charge in [-0.15, -0.1) is 0 Å². The van der Waals surface area contributed by atoms with Crippen LogP contribution in [0.25, 0.3) is 0 Å². The number of ether oxygens (including phenoxy) is 3. The van der Waals surface area contributed by atoms with Crippen LogP contribution in [-0.4, -0.2) is 36.3 Å². The number of para-hydroxylation sites is 2. The summed E-state index contributed by atoms with van der Waals surface area (Å²) >= 11 is 0. The summed E-state index contributed by atoms with van der Waals surface area (Å²) < 4.78 is 29.5. The lowest BCUT2D eigenvalue weighted by molar-refractivity contribution is 0.324. The molecule has 11 nitrogen and oxygen atoms in total. The number of methoxy groups -OCH3 is 3. The fourth-order valence-electron chi connectivity index (χ4n) is 3.43. The number of nitrogens with one attached hydrogen (secondary N) is 5. The second-order valence-electron chi connectivity index (χ2n) is 7.58. The van der Waals surface area contributed by atoms with Crippen LogP contribution in [0.4, 0.5) is 33.3 Å². The number of hydrogen-bond acceptors (Lipinski definition) is 11. The molecule has 192 valence electrons. The zero-order valence-electron chi connectivity index (χ0n) is 20.5. The topological polar surface area (TPSA) is 127 Å². The van der Waals surface area contributed by atoms with Crippen LogP contribution in [-0.2, 0) is 6.54 Å². The van der Waals surface area contributed by atoms with E-state index in [4.69, 9.17) is 14.2 Å². The summed E-state index contributed by atoms with van der Waals surface area (Å²) in [7, 11) is 4.63. The number of benzene rings is 3. The van der Waals surface area contributed by atoms with E-state index in [0.29, 0.717) is 47.1 Å². The highest BCUT2D eigenvalue weighted by molar-refractivity contribution is 5.72. The number of anilines is 5. The minimum Gasteiger partial charge on any atom is -0.493 e. The van der Waals surface area contributed by atoms with Crippen molar-refractivity contribution in [3.63, 3.8) is 0 Å². The highest BCUT2D eigenvalue weighted by atomic mass is 19.1. The molecule has 5 N–H and O–H groups in total. The third kappa shape index (κ3) is 6.72. The van der Waals surface area contributed by atoms with Gasteiger partial charge in [0.05, 0.1) is 32.7 Å². The smallest absolute Gasteiger partial charge is 0.232 e. The molecule has 0 bridgehead atoms. The van der Waals surface area contributed by atoms with Crippen LogP contribution in [0.3, 0.4) is 0 Å². The van der Waals surface area contributed by atoms with Gasteiger partial charge in [-0.2, -0.15) is 10.5 Å². The summed E-state index contributed by atoms with van der Waals surface area (Å²) in [5.41, 5.74) is 11.9. The summed E-state index contributed by atoms with van der Waals surface area (Å²) in [5, 5.41) is 6.30. The van der Waals surface area contributed by atoms with E-state index >= 15 is 0 Å². The standard InChI is InChI=1S/C25H27FN8O3/c1-35-21-12-18(13-22(36-2)23(21)37-3)30-24-27-15-28-25(32-24)31-19-9-4-5-10-20(19)33-34-29-14-16-7-6-8-17(26)11-16/h4-13,15,29,33-34H,14H2,1-3H3,(H2,27,28,30,31,32). The first-order chi connectivity index (χ1) is 18.1. The van der Waals surface area contributed by atoms with E-state index in [0.717, 1.165) is 11.3 Å². The lowest BCUT2D eigenvalue weighted by atomic mass is 10.2. The van der Waals surface area contributed by atoms with E-state index in [1.54, 1.807) is 39.5 Å². The average molecular weight is 507 g/mol. The molecule has 1 heterocycles. The van der Waals surface area contributed by atoms with Crippen LogP contribution in [0.2, 0.25) is 0 Å².